The number of carbonyl (C=O) groups excluding carboxylic acids is 1. The van der Waals surface area contributed by atoms with Gasteiger partial charge in [-0.3, -0.25) is 4.79 Å². The highest BCUT2D eigenvalue weighted by Crippen LogP contribution is 2.34. The molecule has 1 saturated carbocycles. The molecular formula is C17H23Cl3F3N3O2. The minimum absolute atomic E-state index is 0. The van der Waals surface area contributed by atoms with Crippen molar-refractivity contribution in [2.24, 2.45) is 5.92 Å². The Morgan fingerprint density at radius 3 is 2.68 bits per heavy atom. The minimum Gasteiger partial charge on any atom is -0.475 e. The first-order chi connectivity index (χ1) is 12.3. The van der Waals surface area contributed by atoms with Gasteiger partial charge in [0.05, 0.1) is 18.2 Å². The summed E-state index contributed by atoms with van der Waals surface area (Å²) < 4.78 is 42.9. The molecule has 1 aliphatic heterocycles. The molecule has 28 heavy (non-hydrogen) atoms. The van der Waals surface area contributed by atoms with Crippen molar-refractivity contribution in [3.05, 3.63) is 22.8 Å². The summed E-state index contributed by atoms with van der Waals surface area (Å²) in [7, 11) is 0. The number of fused-ring (bicyclic) bond motifs is 1. The van der Waals surface area contributed by atoms with E-state index >= 15 is 0 Å². The van der Waals surface area contributed by atoms with Crippen LogP contribution in [0, 0.1) is 5.92 Å². The largest absolute Gasteiger partial charge is 0.475 e. The van der Waals surface area contributed by atoms with E-state index in [1.54, 1.807) is 0 Å². The monoisotopic (exact) mass is 463 g/mol. The fraction of sp³-hybridized carbons (Fsp3) is 0.647. The zero-order valence-corrected chi connectivity index (χ0v) is 17.3. The molecule has 0 radical (unpaired) electrons. The summed E-state index contributed by atoms with van der Waals surface area (Å²) in [5, 5.41) is 5.96. The van der Waals surface area contributed by atoms with Gasteiger partial charge in [-0.2, -0.15) is 13.2 Å². The van der Waals surface area contributed by atoms with Crippen LogP contribution in [0.1, 0.15) is 37.7 Å². The molecular weight excluding hydrogens is 442 g/mol. The third-order valence-corrected chi connectivity index (χ3v) is 5.22. The Labute approximate surface area is 178 Å². The lowest BCUT2D eigenvalue weighted by atomic mass is 9.85. The first-order valence-electron chi connectivity index (χ1n) is 8.74. The van der Waals surface area contributed by atoms with Crippen LogP contribution in [-0.4, -0.2) is 36.1 Å². The van der Waals surface area contributed by atoms with E-state index in [1.165, 1.54) is 19.3 Å². The Morgan fingerprint density at radius 1 is 1.32 bits per heavy atom. The number of hydrogen-bond acceptors (Lipinski definition) is 4. The Bertz CT molecular complexity index is 650. The molecule has 2 heterocycles. The number of carbonyl (C=O) groups is 1. The zero-order valence-electron chi connectivity index (χ0n) is 14.9. The fourth-order valence-electron chi connectivity index (χ4n) is 3.65. The molecule has 3 rings (SSSR count). The Balaban J connectivity index is 0.00000196. The molecule has 0 aromatic carbocycles. The van der Waals surface area contributed by atoms with E-state index in [0.717, 1.165) is 18.9 Å². The van der Waals surface area contributed by atoms with Gasteiger partial charge < -0.3 is 15.4 Å². The average molecular weight is 465 g/mol. The van der Waals surface area contributed by atoms with E-state index in [4.69, 9.17) is 16.3 Å². The van der Waals surface area contributed by atoms with Gasteiger partial charge in [-0.1, -0.05) is 24.4 Å². The van der Waals surface area contributed by atoms with Crippen LogP contribution in [-0.2, 0) is 11.0 Å². The maximum atomic E-state index is 12.6. The molecule has 0 bridgehead atoms. The summed E-state index contributed by atoms with van der Waals surface area (Å²) in [4.78, 5) is 15.8. The summed E-state index contributed by atoms with van der Waals surface area (Å²) in [5.41, 5.74) is -0.933. The van der Waals surface area contributed by atoms with Crippen LogP contribution in [0.15, 0.2) is 12.3 Å². The average Bonchev–Trinajstić information content (AvgIpc) is 3.03. The number of nitrogens with zero attached hydrogens (tertiary/aromatic N) is 1. The van der Waals surface area contributed by atoms with Crippen molar-refractivity contribution in [1.82, 2.24) is 15.6 Å². The van der Waals surface area contributed by atoms with Gasteiger partial charge in [0.1, 0.15) is 11.6 Å². The minimum atomic E-state index is -4.51. The molecule has 160 valence electrons. The Kier molecular flexibility index (Phi) is 9.59. The number of pyridine rings is 1. The van der Waals surface area contributed by atoms with Crippen LogP contribution in [0.2, 0.25) is 5.02 Å². The van der Waals surface area contributed by atoms with Crippen LogP contribution in [0.4, 0.5) is 13.2 Å². The second-order valence-electron chi connectivity index (χ2n) is 6.75. The van der Waals surface area contributed by atoms with E-state index < -0.39 is 11.7 Å². The predicted octanol–water partition coefficient (Wildman–Crippen LogP) is 4.01. The summed E-state index contributed by atoms with van der Waals surface area (Å²) in [6.45, 7) is 0.300. The highest BCUT2D eigenvalue weighted by atomic mass is 35.5. The zero-order chi connectivity index (χ0) is 18.7. The second kappa shape index (κ2) is 10.7. The van der Waals surface area contributed by atoms with Gasteiger partial charge in [-0.25, -0.2) is 4.98 Å². The predicted molar refractivity (Wildman–Crippen MR) is 105 cm³/mol. The number of aromatic nitrogens is 1. The lowest BCUT2D eigenvalue weighted by Gasteiger charge is -2.24. The Hall–Kier alpha value is -0.960. The number of ether oxygens (including phenoxy) is 1. The molecule has 5 nitrogen and oxygen atoms in total. The third-order valence-electron chi connectivity index (χ3n) is 4.95. The maximum Gasteiger partial charge on any atom is 0.417 e. The van der Waals surface area contributed by atoms with Crippen molar-refractivity contribution in [2.45, 2.75) is 50.4 Å². The fourth-order valence-corrected chi connectivity index (χ4v) is 3.87. The van der Waals surface area contributed by atoms with Crippen molar-refractivity contribution < 1.29 is 22.7 Å². The van der Waals surface area contributed by atoms with Crippen molar-refractivity contribution in [1.29, 1.82) is 0 Å². The number of nitrogens with one attached hydrogen (secondary N) is 2. The number of alkyl halides is 3. The van der Waals surface area contributed by atoms with Crippen LogP contribution >= 0.6 is 36.4 Å². The third kappa shape index (κ3) is 6.27. The first kappa shape index (κ1) is 25.1. The van der Waals surface area contributed by atoms with Crippen molar-refractivity contribution in [3.8, 4) is 5.88 Å². The van der Waals surface area contributed by atoms with Gasteiger partial charge in [0.25, 0.3) is 0 Å². The standard InChI is InChI=1S/C17H21ClF3N3O2.2ClH/c18-12-8-11(17(19,20)21)9-23-16(12)26-6-5-22-15(25)14-7-10-3-1-2-4-13(10)24-14;;/h8-10,13-14,24H,1-7H2,(H,22,25);2*1H. The Morgan fingerprint density at radius 2 is 2.04 bits per heavy atom. The summed E-state index contributed by atoms with van der Waals surface area (Å²) in [5.74, 6) is 0.416. The van der Waals surface area contributed by atoms with Gasteiger partial charge in [0.15, 0.2) is 0 Å². The van der Waals surface area contributed by atoms with Crippen molar-refractivity contribution >= 4 is 42.3 Å². The van der Waals surface area contributed by atoms with E-state index in [0.29, 0.717) is 18.2 Å². The first-order valence-corrected chi connectivity index (χ1v) is 9.11. The van der Waals surface area contributed by atoms with Crippen LogP contribution in [0.25, 0.3) is 0 Å². The smallest absolute Gasteiger partial charge is 0.417 e. The van der Waals surface area contributed by atoms with Gasteiger partial charge >= 0.3 is 6.18 Å². The summed E-state index contributed by atoms with van der Waals surface area (Å²) in [6.07, 6.45) is 1.74. The van der Waals surface area contributed by atoms with E-state index in [9.17, 15) is 18.0 Å². The van der Waals surface area contributed by atoms with Crippen LogP contribution in [0.3, 0.4) is 0 Å². The van der Waals surface area contributed by atoms with Gasteiger partial charge in [0, 0.05) is 12.2 Å². The lowest BCUT2D eigenvalue weighted by Crippen LogP contribution is -2.44. The van der Waals surface area contributed by atoms with E-state index in [-0.39, 0.29) is 60.8 Å². The van der Waals surface area contributed by atoms with E-state index in [2.05, 4.69) is 15.6 Å². The molecule has 1 aromatic heterocycles. The number of hydrogen-bond donors (Lipinski definition) is 2. The highest BCUT2D eigenvalue weighted by Gasteiger charge is 2.38. The van der Waals surface area contributed by atoms with Gasteiger partial charge in [-0.05, 0) is 31.2 Å². The number of amides is 1. The van der Waals surface area contributed by atoms with E-state index in [1.807, 2.05) is 0 Å². The number of halogens is 6. The lowest BCUT2D eigenvalue weighted by molar-refractivity contribution is -0.137. The van der Waals surface area contributed by atoms with Gasteiger partial charge in [0.2, 0.25) is 11.8 Å². The molecule has 3 atom stereocenters. The number of rotatable bonds is 5. The molecule has 1 amide bonds. The van der Waals surface area contributed by atoms with Crippen LogP contribution in [0.5, 0.6) is 5.88 Å². The quantitative estimate of drug-likeness (QED) is 0.646. The van der Waals surface area contributed by atoms with Crippen molar-refractivity contribution in [2.75, 3.05) is 13.2 Å². The topological polar surface area (TPSA) is 63.2 Å². The SMILES string of the molecule is Cl.Cl.O=C(NCCOc1ncc(C(F)(F)F)cc1Cl)C1CC2CCCCC2N1. The summed E-state index contributed by atoms with van der Waals surface area (Å²) >= 11 is 5.77. The second-order valence-corrected chi connectivity index (χ2v) is 7.16. The van der Waals surface area contributed by atoms with Crippen LogP contribution < -0.4 is 15.4 Å². The molecule has 1 saturated heterocycles. The molecule has 1 aliphatic carbocycles. The molecule has 2 N–H and O–H groups in total. The molecule has 1 aromatic rings. The molecule has 0 spiro atoms. The molecule has 11 heteroatoms. The highest BCUT2D eigenvalue weighted by molar-refractivity contribution is 6.31. The van der Waals surface area contributed by atoms with Crippen molar-refractivity contribution in [3.63, 3.8) is 0 Å². The molecule has 2 aliphatic rings. The molecule has 3 unspecified atom stereocenters. The molecule has 2 fully saturated rings. The maximum absolute atomic E-state index is 12.6. The summed E-state index contributed by atoms with van der Waals surface area (Å²) in [6, 6.07) is 1.02. The normalized spacial score (nSPS) is 23.8. The van der Waals surface area contributed by atoms with Gasteiger partial charge in [-0.15, -0.1) is 24.8 Å².